The van der Waals surface area contributed by atoms with Crippen molar-refractivity contribution in [2.75, 3.05) is 0 Å². The fourth-order valence-electron chi connectivity index (χ4n) is 1.84. The molecule has 3 nitrogen and oxygen atoms in total. The summed E-state index contributed by atoms with van der Waals surface area (Å²) < 4.78 is 10.6. The van der Waals surface area contributed by atoms with Crippen molar-refractivity contribution in [3.8, 4) is 0 Å². The molecule has 2 fully saturated rings. The summed E-state index contributed by atoms with van der Waals surface area (Å²) in [6, 6.07) is 0. The van der Waals surface area contributed by atoms with E-state index >= 15 is 0 Å². The van der Waals surface area contributed by atoms with E-state index in [1.54, 1.807) is 0 Å². The molecule has 1 unspecified atom stereocenters. The summed E-state index contributed by atoms with van der Waals surface area (Å²) in [5.74, 6) is -0.113. The predicted octanol–water partition coefficient (Wildman–Crippen LogP) is 1.61. The van der Waals surface area contributed by atoms with Crippen molar-refractivity contribution < 1.29 is 14.3 Å². The standard InChI is InChI=1S/C9H14O3/c10-8-5-6-9(12-8)11-7-3-1-2-4-7/h7,9H,1-6H2. The van der Waals surface area contributed by atoms with Gasteiger partial charge in [0, 0.05) is 6.42 Å². The summed E-state index contributed by atoms with van der Waals surface area (Å²) in [7, 11) is 0. The zero-order valence-corrected chi connectivity index (χ0v) is 7.12. The fourth-order valence-corrected chi connectivity index (χ4v) is 1.84. The lowest BCUT2D eigenvalue weighted by Gasteiger charge is -2.15. The van der Waals surface area contributed by atoms with E-state index in [1.165, 1.54) is 12.8 Å². The molecule has 2 aliphatic rings. The van der Waals surface area contributed by atoms with E-state index in [0.717, 1.165) is 19.3 Å². The van der Waals surface area contributed by atoms with E-state index in [2.05, 4.69) is 0 Å². The van der Waals surface area contributed by atoms with Gasteiger partial charge in [0.1, 0.15) is 0 Å². The number of cyclic esters (lactones) is 1. The first-order valence-electron chi connectivity index (χ1n) is 4.69. The van der Waals surface area contributed by atoms with Crippen LogP contribution in [0.1, 0.15) is 38.5 Å². The van der Waals surface area contributed by atoms with Crippen LogP contribution in [0.2, 0.25) is 0 Å². The van der Waals surface area contributed by atoms with Gasteiger partial charge in [0.05, 0.1) is 12.5 Å². The molecule has 0 bridgehead atoms. The molecule has 0 aromatic carbocycles. The van der Waals surface area contributed by atoms with Crippen LogP contribution in [0.15, 0.2) is 0 Å². The van der Waals surface area contributed by atoms with Gasteiger partial charge in [-0.05, 0) is 12.8 Å². The largest absolute Gasteiger partial charge is 0.436 e. The van der Waals surface area contributed by atoms with E-state index in [1.807, 2.05) is 0 Å². The minimum atomic E-state index is -0.236. The summed E-state index contributed by atoms with van der Waals surface area (Å²) >= 11 is 0. The Balaban J connectivity index is 1.75. The van der Waals surface area contributed by atoms with Crippen LogP contribution >= 0.6 is 0 Å². The van der Waals surface area contributed by atoms with Crippen LogP contribution in [0, 0.1) is 0 Å². The average Bonchev–Trinajstić information content (AvgIpc) is 2.63. The van der Waals surface area contributed by atoms with Crippen molar-refractivity contribution >= 4 is 5.97 Å². The van der Waals surface area contributed by atoms with Crippen LogP contribution in [-0.4, -0.2) is 18.4 Å². The van der Waals surface area contributed by atoms with Crippen LogP contribution in [0.3, 0.4) is 0 Å². The zero-order chi connectivity index (χ0) is 8.39. The molecule has 1 atom stereocenters. The highest BCUT2D eigenvalue weighted by Crippen LogP contribution is 2.25. The van der Waals surface area contributed by atoms with Gasteiger partial charge in [-0.15, -0.1) is 0 Å². The second-order valence-electron chi connectivity index (χ2n) is 3.50. The van der Waals surface area contributed by atoms with E-state index in [0.29, 0.717) is 12.5 Å². The minimum Gasteiger partial charge on any atom is -0.436 e. The number of esters is 1. The van der Waals surface area contributed by atoms with Gasteiger partial charge in [0.2, 0.25) is 6.29 Å². The molecule has 68 valence electrons. The molecule has 1 saturated heterocycles. The summed E-state index contributed by atoms with van der Waals surface area (Å²) in [5, 5.41) is 0. The SMILES string of the molecule is O=C1CCC(OC2CCCC2)O1. The van der Waals surface area contributed by atoms with Gasteiger partial charge in [-0.1, -0.05) is 12.8 Å². The van der Waals surface area contributed by atoms with Crippen LogP contribution in [0.5, 0.6) is 0 Å². The summed E-state index contributed by atoms with van der Waals surface area (Å²) in [6.07, 6.45) is 6.16. The zero-order valence-electron chi connectivity index (χ0n) is 7.12. The molecule has 0 radical (unpaired) electrons. The third kappa shape index (κ3) is 1.78. The van der Waals surface area contributed by atoms with Crippen molar-refractivity contribution in [2.45, 2.75) is 50.9 Å². The molecule has 12 heavy (non-hydrogen) atoms. The number of carbonyl (C=O) groups is 1. The first-order chi connectivity index (χ1) is 5.84. The first-order valence-corrected chi connectivity index (χ1v) is 4.69. The lowest BCUT2D eigenvalue weighted by Crippen LogP contribution is -2.19. The van der Waals surface area contributed by atoms with Crippen LogP contribution in [-0.2, 0) is 14.3 Å². The average molecular weight is 170 g/mol. The Labute approximate surface area is 72.0 Å². The number of ether oxygens (including phenoxy) is 2. The molecule has 2 rings (SSSR count). The Kier molecular flexibility index (Phi) is 2.30. The van der Waals surface area contributed by atoms with E-state index in [9.17, 15) is 4.79 Å². The lowest BCUT2D eigenvalue weighted by atomic mass is 10.3. The lowest BCUT2D eigenvalue weighted by molar-refractivity contribution is -0.171. The van der Waals surface area contributed by atoms with Crippen molar-refractivity contribution in [3.63, 3.8) is 0 Å². The van der Waals surface area contributed by atoms with Crippen molar-refractivity contribution in [1.29, 1.82) is 0 Å². The molecule has 1 aliphatic carbocycles. The van der Waals surface area contributed by atoms with Gasteiger partial charge in [-0.3, -0.25) is 4.79 Å². The molecule has 0 spiro atoms. The van der Waals surface area contributed by atoms with Gasteiger partial charge in [-0.2, -0.15) is 0 Å². The highest BCUT2D eigenvalue weighted by Gasteiger charge is 2.27. The van der Waals surface area contributed by atoms with E-state index in [4.69, 9.17) is 9.47 Å². The number of rotatable bonds is 2. The molecule has 0 N–H and O–H groups in total. The molecule has 0 aromatic heterocycles. The topological polar surface area (TPSA) is 35.5 Å². The smallest absolute Gasteiger partial charge is 0.308 e. The molecule has 0 aromatic rings. The van der Waals surface area contributed by atoms with Gasteiger partial charge in [-0.25, -0.2) is 0 Å². The maximum atomic E-state index is 10.7. The Bertz CT molecular complexity index is 173. The Hall–Kier alpha value is -0.570. The maximum Gasteiger partial charge on any atom is 0.308 e. The molecular formula is C9H14O3. The fraction of sp³-hybridized carbons (Fsp3) is 0.889. The molecule has 1 aliphatic heterocycles. The quantitative estimate of drug-likeness (QED) is 0.590. The third-order valence-electron chi connectivity index (χ3n) is 2.49. The second kappa shape index (κ2) is 3.44. The summed E-state index contributed by atoms with van der Waals surface area (Å²) in [5.41, 5.74) is 0. The van der Waals surface area contributed by atoms with Crippen molar-refractivity contribution in [3.05, 3.63) is 0 Å². The highest BCUT2D eigenvalue weighted by molar-refractivity contribution is 5.71. The predicted molar refractivity (Wildman–Crippen MR) is 42.5 cm³/mol. The molecular weight excluding hydrogens is 156 g/mol. The molecule has 3 heteroatoms. The number of hydrogen-bond acceptors (Lipinski definition) is 3. The monoisotopic (exact) mass is 170 g/mol. The van der Waals surface area contributed by atoms with Gasteiger partial charge in [0.25, 0.3) is 0 Å². The van der Waals surface area contributed by atoms with Crippen LogP contribution < -0.4 is 0 Å². The van der Waals surface area contributed by atoms with Crippen molar-refractivity contribution in [1.82, 2.24) is 0 Å². The minimum absolute atomic E-state index is 0.113. The van der Waals surface area contributed by atoms with Gasteiger partial charge in [0.15, 0.2) is 0 Å². The van der Waals surface area contributed by atoms with Crippen molar-refractivity contribution in [2.24, 2.45) is 0 Å². The van der Waals surface area contributed by atoms with E-state index in [-0.39, 0.29) is 12.3 Å². The maximum absolute atomic E-state index is 10.7. The van der Waals surface area contributed by atoms with Gasteiger partial charge >= 0.3 is 5.97 Å². The third-order valence-corrected chi connectivity index (χ3v) is 2.49. The van der Waals surface area contributed by atoms with E-state index < -0.39 is 0 Å². The Morgan fingerprint density at radius 3 is 2.58 bits per heavy atom. The molecule has 0 amide bonds. The van der Waals surface area contributed by atoms with Gasteiger partial charge < -0.3 is 9.47 Å². The summed E-state index contributed by atoms with van der Waals surface area (Å²) in [4.78, 5) is 10.7. The summed E-state index contributed by atoms with van der Waals surface area (Å²) in [6.45, 7) is 0. The molecule has 1 heterocycles. The first kappa shape index (κ1) is 8.05. The van der Waals surface area contributed by atoms with Crippen LogP contribution in [0.25, 0.3) is 0 Å². The number of hydrogen-bond donors (Lipinski definition) is 0. The Morgan fingerprint density at radius 2 is 2.00 bits per heavy atom. The second-order valence-corrected chi connectivity index (χ2v) is 3.50. The van der Waals surface area contributed by atoms with Crippen LogP contribution in [0.4, 0.5) is 0 Å². The highest BCUT2D eigenvalue weighted by atomic mass is 16.7. The molecule has 1 saturated carbocycles. The Morgan fingerprint density at radius 1 is 1.25 bits per heavy atom. The normalized spacial score (nSPS) is 31.0. The number of carbonyl (C=O) groups excluding carboxylic acids is 1.